The summed E-state index contributed by atoms with van der Waals surface area (Å²) < 4.78 is 23.7. The molecule has 0 saturated carbocycles. The first-order chi connectivity index (χ1) is 11.5. The van der Waals surface area contributed by atoms with Crippen molar-refractivity contribution in [3.8, 4) is 11.5 Å². The molecule has 4 nitrogen and oxygen atoms in total. The van der Waals surface area contributed by atoms with Crippen LogP contribution in [0.5, 0.6) is 11.5 Å². The normalized spacial score (nSPS) is 11.7. The van der Waals surface area contributed by atoms with E-state index in [2.05, 4.69) is 5.32 Å². The highest BCUT2D eigenvalue weighted by Crippen LogP contribution is 2.23. The zero-order valence-corrected chi connectivity index (χ0v) is 14.7. The van der Waals surface area contributed by atoms with Gasteiger partial charge in [-0.1, -0.05) is 6.07 Å². The fourth-order valence-corrected chi connectivity index (χ4v) is 2.85. The van der Waals surface area contributed by atoms with Gasteiger partial charge in [0.15, 0.2) is 11.6 Å². The van der Waals surface area contributed by atoms with E-state index in [0.717, 1.165) is 10.6 Å². The summed E-state index contributed by atoms with van der Waals surface area (Å²) in [5.74, 6) is 0.699. The molecule has 6 heteroatoms. The Morgan fingerprint density at radius 2 is 1.88 bits per heavy atom. The van der Waals surface area contributed by atoms with E-state index in [1.54, 1.807) is 19.2 Å². The number of hydrogen-bond donors (Lipinski definition) is 1. The van der Waals surface area contributed by atoms with Gasteiger partial charge in [-0.15, -0.1) is 11.8 Å². The lowest BCUT2D eigenvalue weighted by Crippen LogP contribution is -2.28. The number of carbonyl (C=O) groups is 1. The van der Waals surface area contributed by atoms with Gasteiger partial charge in [-0.2, -0.15) is 0 Å². The number of hydrogen-bond acceptors (Lipinski definition) is 4. The van der Waals surface area contributed by atoms with E-state index in [4.69, 9.17) is 9.47 Å². The number of rotatable bonds is 7. The minimum absolute atomic E-state index is 0.112. The lowest BCUT2D eigenvalue weighted by molar-refractivity contribution is -0.119. The topological polar surface area (TPSA) is 47.6 Å². The summed E-state index contributed by atoms with van der Waals surface area (Å²) >= 11 is 1.43. The summed E-state index contributed by atoms with van der Waals surface area (Å²) in [6.45, 7) is 1.82. The monoisotopic (exact) mass is 349 g/mol. The van der Waals surface area contributed by atoms with Gasteiger partial charge in [-0.25, -0.2) is 4.39 Å². The molecule has 1 atom stereocenters. The predicted molar refractivity (Wildman–Crippen MR) is 93.2 cm³/mol. The third-order valence-electron chi connectivity index (χ3n) is 3.48. The molecule has 0 aliphatic heterocycles. The highest BCUT2D eigenvalue weighted by Gasteiger charge is 2.12. The first-order valence-corrected chi connectivity index (χ1v) is 8.41. The Bertz CT molecular complexity index is 691. The first kappa shape index (κ1) is 18.1. The van der Waals surface area contributed by atoms with Crippen LogP contribution in [0.4, 0.5) is 4.39 Å². The molecule has 2 aromatic carbocycles. The van der Waals surface area contributed by atoms with Crippen LogP contribution in [0, 0.1) is 5.82 Å². The zero-order valence-electron chi connectivity index (χ0n) is 13.8. The van der Waals surface area contributed by atoms with Crippen LogP contribution in [0.15, 0.2) is 47.4 Å². The van der Waals surface area contributed by atoms with Crippen molar-refractivity contribution in [2.45, 2.75) is 17.9 Å². The standard InChI is InChI=1S/C18H20FNO3S/c1-12(13-4-9-17(23-3)16(19)10-13)20-18(21)11-24-15-7-5-14(22-2)6-8-15/h4-10,12H,11H2,1-3H3,(H,20,21)/t12-/m0/s1. The molecule has 0 saturated heterocycles. The lowest BCUT2D eigenvalue weighted by Gasteiger charge is -2.15. The van der Waals surface area contributed by atoms with Crippen LogP contribution in [0.1, 0.15) is 18.5 Å². The van der Waals surface area contributed by atoms with Gasteiger partial charge in [0.1, 0.15) is 5.75 Å². The SMILES string of the molecule is COc1ccc(SCC(=O)N[C@@H](C)c2ccc(OC)c(F)c2)cc1. The van der Waals surface area contributed by atoms with Gasteiger partial charge in [-0.05, 0) is 48.9 Å². The second-order valence-electron chi connectivity index (χ2n) is 5.15. The molecular weight excluding hydrogens is 329 g/mol. The van der Waals surface area contributed by atoms with Gasteiger partial charge >= 0.3 is 0 Å². The minimum atomic E-state index is -0.441. The Morgan fingerprint density at radius 1 is 1.17 bits per heavy atom. The first-order valence-electron chi connectivity index (χ1n) is 7.43. The Labute approximate surface area is 145 Å². The van der Waals surface area contributed by atoms with Crippen molar-refractivity contribution in [3.05, 3.63) is 53.8 Å². The summed E-state index contributed by atoms with van der Waals surface area (Å²) in [4.78, 5) is 13.0. The van der Waals surface area contributed by atoms with Crippen molar-refractivity contribution >= 4 is 17.7 Å². The number of amides is 1. The van der Waals surface area contributed by atoms with Crippen LogP contribution in [-0.4, -0.2) is 25.9 Å². The average molecular weight is 349 g/mol. The molecule has 1 amide bonds. The van der Waals surface area contributed by atoms with Crippen LogP contribution in [0.2, 0.25) is 0 Å². The maximum absolute atomic E-state index is 13.7. The second kappa shape index (κ2) is 8.59. The highest BCUT2D eigenvalue weighted by atomic mass is 32.2. The minimum Gasteiger partial charge on any atom is -0.497 e. The summed E-state index contributed by atoms with van der Waals surface area (Å²) in [6, 6.07) is 11.9. The summed E-state index contributed by atoms with van der Waals surface area (Å²) in [5, 5.41) is 2.86. The molecule has 0 unspecified atom stereocenters. The molecule has 0 aliphatic carbocycles. The summed E-state index contributed by atoms with van der Waals surface area (Å²) in [7, 11) is 3.03. The average Bonchev–Trinajstić information content (AvgIpc) is 2.60. The Hall–Kier alpha value is -2.21. The number of nitrogens with one attached hydrogen (secondary N) is 1. The number of benzene rings is 2. The fraction of sp³-hybridized carbons (Fsp3) is 0.278. The lowest BCUT2D eigenvalue weighted by atomic mass is 10.1. The predicted octanol–water partition coefficient (Wildman–Crippen LogP) is 3.81. The maximum atomic E-state index is 13.7. The smallest absolute Gasteiger partial charge is 0.230 e. The molecule has 0 spiro atoms. The van der Waals surface area contributed by atoms with Crippen molar-refractivity contribution in [1.29, 1.82) is 0 Å². The quantitative estimate of drug-likeness (QED) is 0.772. The van der Waals surface area contributed by atoms with Gasteiger partial charge in [0.2, 0.25) is 5.91 Å². The number of carbonyl (C=O) groups excluding carboxylic acids is 1. The van der Waals surface area contributed by atoms with Gasteiger partial charge < -0.3 is 14.8 Å². The Morgan fingerprint density at radius 3 is 2.46 bits per heavy atom. The van der Waals surface area contributed by atoms with E-state index in [1.807, 2.05) is 31.2 Å². The van der Waals surface area contributed by atoms with E-state index in [9.17, 15) is 9.18 Å². The largest absolute Gasteiger partial charge is 0.497 e. The molecule has 0 radical (unpaired) electrons. The van der Waals surface area contributed by atoms with Crippen LogP contribution in [0.3, 0.4) is 0 Å². The molecular formula is C18H20FNO3S. The van der Waals surface area contributed by atoms with Crippen LogP contribution < -0.4 is 14.8 Å². The number of thioether (sulfide) groups is 1. The van der Waals surface area contributed by atoms with E-state index < -0.39 is 5.82 Å². The van der Waals surface area contributed by atoms with Crippen molar-refractivity contribution in [1.82, 2.24) is 5.32 Å². The van der Waals surface area contributed by atoms with Crippen LogP contribution in [0.25, 0.3) is 0 Å². The van der Waals surface area contributed by atoms with E-state index >= 15 is 0 Å². The summed E-state index contributed by atoms with van der Waals surface area (Å²) in [6.07, 6.45) is 0. The molecule has 0 aliphatic rings. The molecule has 1 N–H and O–H groups in total. The number of ether oxygens (including phenoxy) is 2. The molecule has 2 rings (SSSR count). The number of halogens is 1. The van der Waals surface area contributed by atoms with E-state index in [0.29, 0.717) is 5.56 Å². The number of methoxy groups -OCH3 is 2. The van der Waals surface area contributed by atoms with Crippen LogP contribution in [-0.2, 0) is 4.79 Å². The van der Waals surface area contributed by atoms with Crippen molar-refractivity contribution < 1.29 is 18.7 Å². The Balaban J connectivity index is 1.87. The molecule has 0 aromatic heterocycles. The molecule has 128 valence electrons. The molecule has 24 heavy (non-hydrogen) atoms. The third-order valence-corrected chi connectivity index (χ3v) is 4.49. The molecule has 0 fully saturated rings. The fourth-order valence-electron chi connectivity index (χ4n) is 2.14. The molecule has 2 aromatic rings. The molecule has 0 heterocycles. The Kier molecular flexibility index (Phi) is 6.49. The highest BCUT2D eigenvalue weighted by molar-refractivity contribution is 8.00. The third kappa shape index (κ3) is 4.89. The molecule has 0 bridgehead atoms. The van der Waals surface area contributed by atoms with E-state index in [-0.39, 0.29) is 23.5 Å². The van der Waals surface area contributed by atoms with Gasteiger partial charge in [0.25, 0.3) is 0 Å². The van der Waals surface area contributed by atoms with Gasteiger partial charge in [0, 0.05) is 4.90 Å². The summed E-state index contributed by atoms with van der Waals surface area (Å²) in [5.41, 5.74) is 0.691. The van der Waals surface area contributed by atoms with Gasteiger partial charge in [-0.3, -0.25) is 4.79 Å². The maximum Gasteiger partial charge on any atom is 0.230 e. The second-order valence-corrected chi connectivity index (χ2v) is 6.20. The van der Waals surface area contributed by atoms with Crippen molar-refractivity contribution in [2.75, 3.05) is 20.0 Å². The van der Waals surface area contributed by atoms with Crippen molar-refractivity contribution in [3.63, 3.8) is 0 Å². The zero-order chi connectivity index (χ0) is 17.5. The van der Waals surface area contributed by atoms with E-state index in [1.165, 1.54) is 24.9 Å². The van der Waals surface area contributed by atoms with Crippen molar-refractivity contribution in [2.24, 2.45) is 0 Å². The van der Waals surface area contributed by atoms with Crippen LogP contribution >= 0.6 is 11.8 Å². The van der Waals surface area contributed by atoms with Gasteiger partial charge in [0.05, 0.1) is 26.0 Å².